The van der Waals surface area contributed by atoms with E-state index in [2.05, 4.69) is 16.3 Å². The van der Waals surface area contributed by atoms with E-state index in [0.29, 0.717) is 0 Å². The maximum Gasteiger partial charge on any atom is 0.246 e. The van der Waals surface area contributed by atoms with Crippen LogP contribution in [-0.2, 0) is 4.79 Å². The highest BCUT2D eigenvalue weighted by Crippen LogP contribution is 2.34. The number of aryl methyl sites for hydroxylation is 2. The number of piperidine rings is 1. The molecule has 33 heavy (non-hydrogen) atoms. The standard InChI is InChI=1S/C28H29N3O2/c1-19-12-13-20(2)24(18-19)29-27(32)26(21-8-4-3-5-9-21)31-16-14-22(15-17-31)28-30-23-10-6-7-11-25(23)33-28/h3-13,18,22,26H,14-17H2,1-2H3,(H,29,32). The Morgan fingerprint density at radius 3 is 2.48 bits per heavy atom. The van der Waals surface area contributed by atoms with Crippen LogP contribution in [-0.4, -0.2) is 28.9 Å². The van der Waals surface area contributed by atoms with Crippen molar-refractivity contribution in [3.8, 4) is 0 Å². The monoisotopic (exact) mass is 439 g/mol. The lowest BCUT2D eigenvalue weighted by Gasteiger charge is -2.36. The van der Waals surface area contributed by atoms with Gasteiger partial charge in [-0.2, -0.15) is 0 Å². The van der Waals surface area contributed by atoms with E-state index in [-0.39, 0.29) is 17.9 Å². The molecule has 0 aliphatic carbocycles. The second-order valence-corrected chi connectivity index (χ2v) is 8.95. The maximum atomic E-state index is 13.6. The fourth-order valence-electron chi connectivity index (χ4n) is 4.70. The summed E-state index contributed by atoms with van der Waals surface area (Å²) in [6, 6.07) is 23.8. The third-order valence-electron chi connectivity index (χ3n) is 6.57. The number of amides is 1. The first kappa shape index (κ1) is 21.4. The first-order valence-corrected chi connectivity index (χ1v) is 11.6. The van der Waals surface area contributed by atoms with E-state index >= 15 is 0 Å². The van der Waals surface area contributed by atoms with Gasteiger partial charge < -0.3 is 9.73 Å². The van der Waals surface area contributed by atoms with Gasteiger partial charge in [0.1, 0.15) is 11.6 Å². The molecule has 1 N–H and O–H groups in total. The number of hydrogen-bond donors (Lipinski definition) is 1. The van der Waals surface area contributed by atoms with E-state index in [4.69, 9.17) is 9.40 Å². The van der Waals surface area contributed by atoms with Gasteiger partial charge in [-0.15, -0.1) is 0 Å². The lowest BCUT2D eigenvalue weighted by atomic mass is 9.93. The number of benzene rings is 3. The summed E-state index contributed by atoms with van der Waals surface area (Å²) in [4.78, 5) is 20.6. The highest BCUT2D eigenvalue weighted by molar-refractivity contribution is 5.96. The van der Waals surface area contributed by atoms with Crippen molar-refractivity contribution in [1.82, 2.24) is 9.88 Å². The molecule has 5 nitrogen and oxygen atoms in total. The van der Waals surface area contributed by atoms with Crippen LogP contribution in [0.4, 0.5) is 5.69 Å². The fourth-order valence-corrected chi connectivity index (χ4v) is 4.70. The van der Waals surface area contributed by atoms with Crippen molar-refractivity contribution < 1.29 is 9.21 Å². The number of nitrogens with zero attached hydrogens (tertiary/aromatic N) is 2. The molecule has 0 radical (unpaired) electrons. The van der Waals surface area contributed by atoms with Crippen molar-refractivity contribution in [3.05, 3.63) is 95.4 Å². The van der Waals surface area contributed by atoms with Crippen LogP contribution < -0.4 is 5.32 Å². The van der Waals surface area contributed by atoms with Crippen LogP contribution in [0.2, 0.25) is 0 Å². The number of likely N-dealkylation sites (tertiary alicyclic amines) is 1. The van der Waals surface area contributed by atoms with Crippen molar-refractivity contribution in [2.24, 2.45) is 0 Å². The van der Waals surface area contributed by atoms with Crippen LogP contribution in [0.1, 0.15) is 47.4 Å². The summed E-state index contributed by atoms with van der Waals surface area (Å²) in [5.41, 5.74) is 5.83. The molecule has 0 bridgehead atoms. The zero-order valence-electron chi connectivity index (χ0n) is 19.1. The molecule has 1 atom stereocenters. The molecule has 5 heteroatoms. The van der Waals surface area contributed by atoms with Crippen LogP contribution in [0.25, 0.3) is 11.1 Å². The highest BCUT2D eigenvalue weighted by atomic mass is 16.3. The Morgan fingerprint density at radius 2 is 1.73 bits per heavy atom. The van der Waals surface area contributed by atoms with Crippen LogP contribution >= 0.6 is 0 Å². The minimum atomic E-state index is -0.337. The van der Waals surface area contributed by atoms with Gasteiger partial charge in [0.25, 0.3) is 0 Å². The average molecular weight is 440 g/mol. The van der Waals surface area contributed by atoms with Gasteiger partial charge in [-0.25, -0.2) is 4.98 Å². The Labute approximate surface area is 194 Å². The second-order valence-electron chi connectivity index (χ2n) is 8.95. The quantitative estimate of drug-likeness (QED) is 0.414. The van der Waals surface area contributed by atoms with Crippen LogP contribution in [0.3, 0.4) is 0 Å². The Morgan fingerprint density at radius 1 is 1.00 bits per heavy atom. The molecule has 2 heterocycles. The van der Waals surface area contributed by atoms with Crippen LogP contribution in [0.15, 0.2) is 77.2 Å². The molecule has 4 aromatic rings. The van der Waals surface area contributed by atoms with E-state index in [1.165, 1.54) is 0 Å². The number of rotatable bonds is 5. The predicted molar refractivity (Wildman–Crippen MR) is 131 cm³/mol. The summed E-state index contributed by atoms with van der Waals surface area (Å²) < 4.78 is 6.03. The molecule has 1 fully saturated rings. The largest absolute Gasteiger partial charge is 0.440 e. The molecule has 0 saturated carbocycles. The van der Waals surface area contributed by atoms with Crippen molar-refractivity contribution in [3.63, 3.8) is 0 Å². The lowest BCUT2D eigenvalue weighted by molar-refractivity contribution is -0.122. The molecule has 1 unspecified atom stereocenters. The summed E-state index contributed by atoms with van der Waals surface area (Å²) in [7, 11) is 0. The fraction of sp³-hybridized carbons (Fsp3) is 0.286. The van der Waals surface area contributed by atoms with E-state index < -0.39 is 0 Å². The zero-order chi connectivity index (χ0) is 22.8. The third-order valence-corrected chi connectivity index (χ3v) is 6.57. The number of anilines is 1. The molecular formula is C28H29N3O2. The van der Waals surface area contributed by atoms with Crippen molar-refractivity contribution in [2.45, 2.75) is 38.6 Å². The number of para-hydroxylation sites is 2. The van der Waals surface area contributed by atoms with Crippen LogP contribution in [0.5, 0.6) is 0 Å². The summed E-state index contributed by atoms with van der Waals surface area (Å²) in [6.07, 6.45) is 1.82. The molecular weight excluding hydrogens is 410 g/mol. The summed E-state index contributed by atoms with van der Waals surface area (Å²) in [6.45, 7) is 5.69. The first-order chi connectivity index (χ1) is 16.1. The number of nitrogens with one attached hydrogen (secondary N) is 1. The van der Waals surface area contributed by atoms with E-state index in [0.717, 1.165) is 65.3 Å². The number of fused-ring (bicyclic) bond motifs is 1. The van der Waals surface area contributed by atoms with Gasteiger partial charge in [0.15, 0.2) is 11.5 Å². The number of carbonyl (C=O) groups is 1. The highest BCUT2D eigenvalue weighted by Gasteiger charge is 2.33. The molecule has 0 spiro atoms. The smallest absolute Gasteiger partial charge is 0.246 e. The topological polar surface area (TPSA) is 58.4 Å². The molecule has 1 aromatic heterocycles. The molecule has 1 aliphatic heterocycles. The third kappa shape index (κ3) is 4.55. The van der Waals surface area contributed by atoms with Gasteiger partial charge >= 0.3 is 0 Å². The molecule has 1 amide bonds. The Bertz CT molecular complexity index is 1220. The first-order valence-electron chi connectivity index (χ1n) is 11.6. The number of carbonyl (C=O) groups excluding carboxylic acids is 1. The molecule has 1 saturated heterocycles. The molecule has 168 valence electrons. The van der Waals surface area contributed by atoms with Crippen LogP contribution in [0, 0.1) is 13.8 Å². The SMILES string of the molecule is Cc1ccc(C)c(NC(=O)C(c2ccccc2)N2CCC(c3nc4ccccc4o3)CC2)c1. The van der Waals surface area contributed by atoms with Crippen molar-refractivity contribution >= 4 is 22.7 Å². The van der Waals surface area contributed by atoms with Gasteiger partial charge in [0.05, 0.1) is 0 Å². The Balaban J connectivity index is 1.35. The zero-order valence-corrected chi connectivity index (χ0v) is 19.1. The van der Waals surface area contributed by atoms with Gasteiger partial charge in [0, 0.05) is 11.6 Å². The Hall–Kier alpha value is -3.44. The normalized spacial score (nSPS) is 16.1. The second kappa shape index (κ2) is 9.20. The van der Waals surface area contributed by atoms with E-state index in [1.54, 1.807) is 0 Å². The number of aromatic nitrogens is 1. The van der Waals surface area contributed by atoms with Crippen molar-refractivity contribution in [2.75, 3.05) is 18.4 Å². The minimum absolute atomic E-state index is 0.00946. The average Bonchev–Trinajstić information content (AvgIpc) is 3.27. The van der Waals surface area contributed by atoms with Gasteiger partial charge in [0.2, 0.25) is 5.91 Å². The van der Waals surface area contributed by atoms with E-state index in [1.807, 2.05) is 80.6 Å². The number of oxazole rings is 1. The number of hydrogen-bond acceptors (Lipinski definition) is 4. The summed E-state index contributed by atoms with van der Waals surface area (Å²) >= 11 is 0. The molecule has 3 aromatic carbocycles. The van der Waals surface area contributed by atoms with Gasteiger partial charge in [-0.1, -0.05) is 54.6 Å². The summed E-state index contributed by atoms with van der Waals surface area (Å²) in [5.74, 6) is 1.09. The maximum absolute atomic E-state index is 13.6. The predicted octanol–water partition coefficient (Wildman–Crippen LogP) is 6.00. The lowest BCUT2D eigenvalue weighted by Crippen LogP contribution is -2.41. The van der Waals surface area contributed by atoms with E-state index in [9.17, 15) is 4.79 Å². The molecule has 1 aliphatic rings. The summed E-state index contributed by atoms with van der Waals surface area (Å²) in [5, 5.41) is 3.20. The van der Waals surface area contributed by atoms with Crippen molar-refractivity contribution in [1.29, 1.82) is 0 Å². The van der Waals surface area contributed by atoms with Gasteiger partial charge in [-0.05, 0) is 74.7 Å². The Kier molecular flexibility index (Phi) is 5.97. The molecule has 5 rings (SSSR count). The van der Waals surface area contributed by atoms with Gasteiger partial charge in [-0.3, -0.25) is 9.69 Å². The minimum Gasteiger partial charge on any atom is -0.440 e.